The molecule has 5 aliphatic heterocycles. The number of ether oxygens (including phenoxy) is 9. The minimum atomic E-state index is -2.25. The lowest BCUT2D eigenvalue weighted by Gasteiger charge is -2.49. The van der Waals surface area contributed by atoms with E-state index in [9.17, 15) is 91.6 Å². The van der Waals surface area contributed by atoms with E-state index in [0.29, 0.717) is 0 Å². The van der Waals surface area contributed by atoms with Gasteiger partial charge in [-0.05, 0) is 0 Å². The van der Waals surface area contributed by atoms with Gasteiger partial charge in [-0.2, -0.15) is 0 Å². The molecular weight excluding hydrogens is 792 g/mol. The molecule has 5 saturated heterocycles. The summed E-state index contributed by atoms with van der Waals surface area (Å²) in [5.41, 5.74) is 0. The molecule has 27 nitrogen and oxygen atoms in total. The zero-order valence-electron chi connectivity index (χ0n) is 29.4. The fourth-order valence-corrected chi connectivity index (χ4v) is 7.00. The van der Waals surface area contributed by atoms with E-state index in [1.54, 1.807) is 0 Å². The zero-order chi connectivity index (χ0) is 42.2. The van der Waals surface area contributed by atoms with Crippen molar-refractivity contribution in [3.63, 3.8) is 0 Å². The largest absolute Gasteiger partial charge is 0.479 e. The van der Waals surface area contributed by atoms with Crippen LogP contribution in [0.2, 0.25) is 0 Å². The van der Waals surface area contributed by atoms with Gasteiger partial charge in [-0.15, -0.1) is 0 Å². The van der Waals surface area contributed by atoms with E-state index in [1.165, 1.54) is 0 Å². The molecule has 5 heterocycles. The van der Waals surface area contributed by atoms with Gasteiger partial charge >= 0.3 is 5.97 Å². The van der Waals surface area contributed by atoms with Gasteiger partial charge in [0.15, 0.2) is 37.6 Å². The van der Waals surface area contributed by atoms with Gasteiger partial charge in [0.25, 0.3) is 0 Å². The first-order valence-corrected chi connectivity index (χ1v) is 17.6. The second kappa shape index (κ2) is 19.5. The second-order valence-electron chi connectivity index (χ2n) is 14.0. The van der Waals surface area contributed by atoms with Gasteiger partial charge in [-0.1, -0.05) is 0 Å². The van der Waals surface area contributed by atoms with E-state index < -0.39 is 186 Å². The molecule has 57 heavy (non-hydrogen) atoms. The first-order valence-electron chi connectivity index (χ1n) is 17.6. The number of carboxylic acids is 1. The molecule has 0 aromatic carbocycles. The third-order valence-corrected chi connectivity index (χ3v) is 10.3. The van der Waals surface area contributed by atoms with Crippen molar-refractivity contribution in [2.75, 3.05) is 26.4 Å². The van der Waals surface area contributed by atoms with E-state index in [1.807, 2.05) is 0 Å². The van der Waals surface area contributed by atoms with Crippen LogP contribution >= 0.6 is 0 Å². The highest BCUT2D eigenvalue weighted by Crippen LogP contribution is 2.35. The summed E-state index contributed by atoms with van der Waals surface area (Å²) in [5, 5.41) is 175. The van der Waals surface area contributed by atoms with E-state index >= 15 is 0 Å². The summed E-state index contributed by atoms with van der Waals surface area (Å²) >= 11 is 0. The fourth-order valence-electron chi connectivity index (χ4n) is 7.00. The average molecular weight is 843 g/mol. The Balaban J connectivity index is 1.24. The van der Waals surface area contributed by atoms with Crippen molar-refractivity contribution >= 4 is 5.97 Å². The van der Waals surface area contributed by atoms with Gasteiger partial charge in [0.2, 0.25) is 0 Å². The number of aliphatic hydroxyl groups is 16. The van der Waals surface area contributed by atoms with Crippen molar-refractivity contribution in [1.82, 2.24) is 0 Å². The standard InChI is InChI=1S/C30H50O27/c31-1-5-9(35)10(36)16(42)27(50-5)56-23-14(40)19(45)30(57-24(23)25(46)47)55-22-8(4-34)52-29(18(44)13(22)39)54-21-7(3-33)51-28(17(43)12(21)38)53-20-6(2-32)49-26(48)15(41)11(20)37/h5-24,26-45,48H,1-4H2,(H,46,47)/t5?,6?,7?,8?,9-,10-,11+,12+,13?,14?,15?,16?,17?,18-,19-,20-,21+,22+,23-,24?,26-,27+,28+,29-,30+/m0/s1. The Morgan fingerprint density at radius 1 is 0.368 bits per heavy atom. The van der Waals surface area contributed by atoms with Crippen LogP contribution in [0.5, 0.6) is 0 Å². The molecule has 0 saturated carbocycles. The van der Waals surface area contributed by atoms with Gasteiger partial charge in [0.1, 0.15) is 116 Å². The first-order chi connectivity index (χ1) is 26.9. The van der Waals surface area contributed by atoms with Crippen LogP contribution in [-0.4, -0.2) is 273 Å². The molecule has 0 spiro atoms. The molecule has 27 heteroatoms. The molecule has 0 bridgehead atoms. The van der Waals surface area contributed by atoms with Crippen LogP contribution in [0.4, 0.5) is 0 Å². The number of carbonyl (C=O) groups is 1. The Morgan fingerprint density at radius 3 is 1.09 bits per heavy atom. The summed E-state index contributed by atoms with van der Waals surface area (Å²) in [7, 11) is 0. The SMILES string of the molecule is O=C(O)C1O[C@@H](O[C@@H]2C(CO)O[C@@H](O[C@@H]3C(CO)O[C@H](O[C@H]4C(CO)O[C@H](O)C(O)[C@H]4O)C(O)[C@H]3O)[C@@H](O)C2O)[C@@H](O)C(O)[C@@H]1O[C@H]1OC(CO)[C@H](O)[C@H](O)C1O. The maximum absolute atomic E-state index is 12.2. The summed E-state index contributed by atoms with van der Waals surface area (Å²) in [6.07, 6.45) is -48.7. The predicted molar refractivity (Wildman–Crippen MR) is 167 cm³/mol. The van der Waals surface area contributed by atoms with E-state index in [-0.39, 0.29) is 0 Å². The van der Waals surface area contributed by atoms with Crippen LogP contribution in [0.25, 0.3) is 0 Å². The average Bonchev–Trinajstić information content (AvgIpc) is 3.19. The van der Waals surface area contributed by atoms with Gasteiger partial charge in [0.05, 0.1) is 26.4 Å². The highest BCUT2D eigenvalue weighted by Gasteiger charge is 2.57. The van der Waals surface area contributed by atoms with Crippen molar-refractivity contribution in [2.45, 2.75) is 154 Å². The monoisotopic (exact) mass is 842 g/mol. The third-order valence-electron chi connectivity index (χ3n) is 10.3. The van der Waals surface area contributed by atoms with Crippen molar-refractivity contribution in [3.05, 3.63) is 0 Å². The highest BCUT2D eigenvalue weighted by molar-refractivity contribution is 5.73. The van der Waals surface area contributed by atoms with E-state index in [2.05, 4.69) is 0 Å². The Kier molecular flexibility index (Phi) is 15.9. The molecule has 5 fully saturated rings. The Hall–Kier alpha value is -1.53. The van der Waals surface area contributed by atoms with E-state index in [0.717, 1.165) is 0 Å². The minimum Gasteiger partial charge on any atom is -0.479 e. The van der Waals surface area contributed by atoms with Gasteiger partial charge in [-0.3, -0.25) is 0 Å². The number of aliphatic carboxylic acids is 1. The lowest BCUT2D eigenvalue weighted by atomic mass is 9.95. The third kappa shape index (κ3) is 9.38. The van der Waals surface area contributed by atoms with E-state index in [4.69, 9.17) is 42.6 Å². The normalized spacial score (nSPS) is 52.4. The van der Waals surface area contributed by atoms with Crippen LogP contribution in [0.1, 0.15) is 0 Å². The number of carboxylic acid groups (broad SMARTS) is 1. The van der Waals surface area contributed by atoms with Gasteiger partial charge in [0, 0.05) is 0 Å². The van der Waals surface area contributed by atoms with Crippen molar-refractivity contribution in [1.29, 1.82) is 0 Å². The zero-order valence-corrected chi connectivity index (χ0v) is 29.4. The van der Waals surface area contributed by atoms with Crippen LogP contribution in [0.3, 0.4) is 0 Å². The minimum absolute atomic E-state index is 0.852. The molecule has 25 atom stereocenters. The first kappa shape index (κ1) is 46.5. The second-order valence-corrected chi connectivity index (χ2v) is 14.0. The Morgan fingerprint density at radius 2 is 0.684 bits per heavy atom. The Labute approximate surface area is 320 Å². The lowest BCUT2D eigenvalue weighted by Crippen LogP contribution is -2.68. The molecule has 10 unspecified atom stereocenters. The lowest BCUT2D eigenvalue weighted by molar-refractivity contribution is -0.390. The molecule has 5 aliphatic rings. The predicted octanol–water partition coefficient (Wildman–Crippen LogP) is -11.8. The number of aliphatic hydroxyl groups excluding tert-OH is 16. The van der Waals surface area contributed by atoms with Crippen LogP contribution < -0.4 is 0 Å². The summed E-state index contributed by atoms with van der Waals surface area (Å²) in [4.78, 5) is 12.2. The molecule has 0 amide bonds. The van der Waals surface area contributed by atoms with Crippen molar-refractivity contribution < 1.29 is 134 Å². The smallest absolute Gasteiger partial charge is 0.335 e. The molecule has 332 valence electrons. The summed E-state index contributed by atoms with van der Waals surface area (Å²) in [6.45, 7) is -3.76. The molecule has 0 radical (unpaired) electrons. The fraction of sp³-hybridized carbons (Fsp3) is 0.967. The van der Waals surface area contributed by atoms with Crippen molar-refractivity contribution in [2.24, 2.45) is 0 Å². The molecule has 17 N–H and O–H groups in total. The number of rotatable bonds is 13. The van der Waals surface area contributed by atoms with Gasteiger partial charge < -0.3 is 129 Å². The molecule has 0 aromatic rings. The van der Waals surface area contributed by atoms with Crippen LogP contribution in [-0.2, 0) is 47.4 Å². The Bertz CT molecular complexity index is 1280. The molecular formula is C30H50O27. The number of hydrogen-bond donors (Lipinski definition) is 17. The topological polar surface area (TPSA) is 444 Å². The maximum atomic E-state index is 12.2. The van der Waals surface area contributed by atoms with Gasteiger partial charge in [-0.25, -0.2) is 4.79 Å². The van der Waals surface area contributed by atoms with Crippen molar-refractivity contribution in [3.8, 4) is 0 Å². The summed E-state index contributed by atoms with van der Waals surface area (Å²) < 4.78 is 48.4. The summed E-state index contributed by atoms with van der Waals surface area (Å²) in [6, 6.07) is 0. The molecule has 0 aliphatic carbocycles. The maximum Gasteiger partial charge on any atom is 0.335 e. The number of hydrogen-bond acceptors (Lipinski definition) is 26. The van der Waals surface area contributed by atoms with Crippen LogP contribution in [0.15, 0.2) is 0 Å². The molecule has 5 rings (SSSR count). The quantitative estimate of drug-likeness (QED) is 0.0818. The molecule has 0 aromatic heterocycles. The highest BCUT2D eigenvalue weighted by atomic mass is 16.8. The summed E-state index contributed by atoms with van der Waals surface area (Å²) in [5.74, 6) is -1.84. The van der Waals surface area contributed by atoms with Crippen LogP contribution in [0, 0.1) is 0 Å².